The lowest BCUT2D eigenvalue weighted by atomic mass is 9.58. The highest BCUT2D eigenvalue weighted by Crippen LogP contribution is 2.50. The second-order valence-corrected chi connectivity index (χ2v) is 11.7. The van der Waals surface area contributed by atoms with Gasteiger partial charge in [-0.05, 0) is 85.7 Å². The molecular weight excluding hydrogens is 549 g/mol. The summed E-state index contributed by atoms with van der Waals surface area (Å²) in [6, 6.07) is 4.85. The van der Waals surface area contributed by atoms with Crippen molar-refractivity contribution in [3.8, 4) is 5.75 Å². The molecule has 1 aliphatic carbocycles. The van der Waals surface area contributed by atoms with Gasteiger partial charge in [-0.3, -0.25) is 19.3 Å². The third-order valence-corrected chi connectivity index (χ3v) is 8.83. The van der Waals surface area contributed by atoms with E-state index in [1.54, 1.807) is 12.1 Å². The van der Waals surface area contributed by atoms with Crippen LogP contribution in [0.15, 0.2) is 34.9 Å². The Hall–Kier alpha value is -2.66. The highest BCUT2D eigenvalue weighted by atomic mass is 35.5. The van der Waals surface area contributed by atoms with E-state index >= 15 is 0 Å². The first-order chi connectivity index (χ1) is 19.6. The number of carboxylic acid groups (broad SMARTS) is 1. The number of hydrogen-bond acceptors (Lipinski definition) is 7. The van der Waals surface area contributed by atoms with E-state index in [-0.39, 0.29) is 49.9 Å². The van der Waals surface area contributed by atoms with E-state index < -0.39 is 36.9 Å². The van der Waals surface area contributed by atoms with Gasteiger partial charge in [0.25, 0.3) is 0 Å². The molecule has 2 aliphatic heterocycles. The Morgan fingerprint density at radius 1 is 1.15 bits per heavy atom. The number of phenolic OH excluding ortho intramolecular Hbond substituents is 1. The number of aliphatic hydroxyl groups excluding tert-OH is 1. The van der Waals surface area contributed by atoms with E-state index in [0.29, 0.717) is 42.7 Å². The normalized spacial score (nSPS) is 24.6. The number of hydrogen-bond donors (Lipinski definition) is 4. The largest absolute Gasteiger partial charge is 0.508 e. The Kier molecular flexibility index (Phi) is 10.7. The third kappa shape index (κ3) is 7.23. The minimum atomic E-state index is -1.09. The number of carbonyl (C=O) groups is 3. The molecule has 2 amide bonds. The van der Waals surface area contributed by atoms with Crippen molar-refractivity contribution in [2.24, 2.45) is 17.8 Å². The number of imide groups is 1. The summed E-state index contributed by atoms with van der Waals surface area (Å²) in [6.07, 6.45) is 6.55. The monoisotopic (exact) mass is 587 g/mol. The van der Waals surface area contributed by atoms with Gasteiger partial charge in [0.2, 0.25) is 11.8 Å². The average molecular weight is 588 g/mol. The maximum atomic E-state index is 13.6. The highest BCUT2D eigenvalue weighted by molar-refractivity contribution is 6.43. The van der Waals surface area contributed by atoms with Crippen molar-refractivity contribution in [3.05, 3.63) is 45.5 Å². The number of aliphatic hydroxyl groups is 1. The summed E-state index contributed by atoms with van der Waals surface area (Å²) in [6.45, 7) is 2.08. The second kappa shape index (κ2) is 14.0. The van der Waals surface area contributed by atoms with Crippen molar-refractivity contribution in [2.75, 3.05) is 13.2 Å². The zero-order valence-corrected chi connectivity index (χ0v) is 24.2. The highest BCUT2D eigenvalue weighted by Gasteiger charge is 2.57. The lowest BCUT2D eigenvalue weighted by molar-refractivity contribution is -0.141. The number of phenols is 1. The smallest absolute Gasteiger partial charge is 0.455 e. The number of fused-ring (bicyclic) bond motifs is 3. The van der Waals surface area contributed by atoms with Gasteiger partial charge in [-0.1, -0.05) is 43.0 Å². The summed E-state index contributed by atoms with van der Waals surface area (Å²) in [5.74, 6) is -2.85. The average Bonchev–Trinajstić information content (AvgIpc) is 3.16. The van der Waals surface area contributed by atoms with Gasteiger partial charge < -0.3 is 25.0 Å². The van der Waals surface area contributed by atoms with Crippen molar-refractivity contribution in [3.63, 3.8) is 0 Å². The van der Waals surface area contributed by atoms with Gasteiger partial charge in [-0.25, -0.2) is 0 Å². The zero-order chi connectivity index (χ0) is 29.7. The number of amides is 2. The number of nitrogens with zero attached hydrogens (tertiary/aromatic N) is 1. The van der Waals surface area contributed by atoms with Crippen molar-refractivity contribution >= 4 is 42.6 Å². The molecular formula is C30H39BClNO8. The van der Waals surface area contributed by atoms with Crippen molar-refractivity contribution < 1.29 is 39.4 Å². The van der Waals surface area contributed by atoms with Crippen molar-refractivity contribution in [2.45, 2.75) is 77.1 Å². The first-order valence-corrected chi connectivity index (χ1v) is 14.9. The third-order valence-electron chi connectivity index (χ3n) is 8.50. The molecule has 4 atom stereocenters. The van der Waals surface area contributed by atoms with Gasteiger partial charge >= 0.3 is 13.1 Å². The van der Waals surface area contributed by atoms with Gasteiger partial charge in [0, 0.05) is 13.0 Å². The number of rotatable bonds is 13. The molecule has 41 heavy (non-hydrogen) atoms. The molecule has 11 heteroatoms. The summed E-state index contributed by atoms with van der Waals surface area (Å²) in [7, 11) is -1.09. The number of allylic oxidation sites excluding steroid dienone is 1. The Balaban J connectivity index is 1.51. The topological polar surface area (TPSA) is 145 Å². The van der Waals surface area contributed by atoms with Gasteiger partial charge in [0.1, 0.15) is 5.75 Å². The van der Waals surface area contributed by atoms with Gasteiger partial charge in [0.05, 0.1) is 29.6 Å². The number of aliphatic carboxylic acids is 1. The van der Waals surface area contributed by atoms with E-state index in [1.807, 2.05) is 6.08 Å². The van der Waals surface area contributed by atoms with Crippen LogP contribution in [0.1, 0.15) is 70.3 Å². The number of benzene rings is 1. The van der Waals surface area contributed by atoms with Crippen LogP contribution in [0.2, 0.25) is 11.3 Å². The lowest BCUT2D eigenvalue weighted by Gasteiger charge is -2.43. The second-order valence-electron chi connectivity index (χ2n) is 11.3. The summed E-state index contributed by atoms with van der Waals surface area (Å²) in [4.78, 5) is 38.9. The lowest BCUT2D eigenvalue weighted by Crippen LogP contribution is -2.46. The fourth-order valence-electron chi connectivity index (χ4n) is 6.68. The molecule has 4 N–H and O–H groups in total. The SMILES string of the molecule is CCC/C(=C\c1ccc(O)cc1Cl)CC[C@H]1OB(O)C[C@H]2C1=C(CO)C[C@H]1C(=O)N(CCCCCC(=O)O)C(=O)[C@H]12. The molecule has 2 saturated heterocycles. The number of carboxylic acids is 1. The molecule has 2 fully saturated rings. The van der Waals surface area contributed by atoms with Gasteiger partial charge in [0.15, 0.2) is 0 Å². The van der Waals surface area contributed by atoms with Crippen molar-refractivity contribution in [1.29, 1.82) is 0 Å². The molecule has 1 aromatic carbocycles. The van der Waals surface area contributed by atoms with E-state index in [1.165, 1.54) is 11.0 Å². The molecule has 222 valence electrons. The fourth-order valence-corrected chi connectivity index (χ4v) is 6.91. The Morgan fingerprint density at radius 3 is 2.61 bits per heavy atom. The molecule has 0 bridgehead atoms. The molecule has 1 aromatic rings. The van der Waals surface area contributed by atoms with E-state index in [2.05, 4.69) is 6.92 Å². The van der Waals surface area contributed by atoms with E-state index in [0.717, 1.165) is 29.6 Å². The van der Waals surface area contributed by atoms with E-state index in [9.17, 15) is 29.6 Å². The Morgan fingerprint density at radius 2 is 1.93 bits per heavy atom. The number of unbranched alkanes of at least 4 members (excludes halogenated alkanes) is 2. The minimum absolute atomic E-state index is 0.0543. The van der Waals surface area contributed by atoms with Crippen LogP contribution in [0.3, 0.4) is 0 Å². The zero-order valence-electron chi connectivity index (χ0n) is 23.4. The quantitative estimate of drug-likeness (QED) is 0.115. The number of aromatic hydroxyl groups is 1. The molecule has 0 saturated carbocycles. The van der Waals surface area contributed by atoms with Crippen LogP contribution < -0.4 is 0 Å². The number of halogens is 1. The summed E-state index contributed by atoms with van der Waals surface area (Å²) >= 11 is 6.33. The van der Waals surface area contributed by atoms with Crippen LogP contribution in [0.4, 0.5) is 0 Å². The Labute approximate surface area is 246 Å². The Bertz CT molecular complexity index is 1220. The van der Waals surface area contributed by atoms with Crippen molar-refractivity contribution in [1.82, 2.24) is 4.90 Å². The number of likely N-dealkylation sites (tertiary alicyclic amines) is 1. The predicted octanol–water partition coefficient (Wildman–Crippen LogP) is 4.44. The molecule has 0 spiro atoms. The molecule has 9 nitrogen and oxygen atoms in total. The molecule has 3 aliphatic rings. The van der Waals surface area contributed by atoms with Crippen LogP contribution in [-0.2, 0) is 19.0 Å². The first-order valence-electron chi connectivity index (χ1n) is 14.6. The first kappa shape index (κ1) is 31.3. The van der Waals surface area contributed by atoms with Crippen LogP contribution in [0.25, 0.3) is 6.08 Å². The maximum Gasteiger partial charge on any atom is 0.455 e. The van der Waals surface area contributed by atoms with E-state index in [4.69, 9.17) is 21.4 Å². The van der Waals surface area contributed by atoms with Crippen LogP contribution in [0.5, 0.6) is 5.75 Å². The fraction of sp³-hybridized carbons (Fsp3) is 0.567. The minimum Gasteiger partial charge on any atom is -0.508 e. The summed E-state index contributed by atoms with van der Waals surface area (Å²) in [5.41, 5.74) is 3.47. The summed E-state index contributed by atoms with van der Waals surface area (Å²) < 4.78 is 6.00. The van der Waals surface area contributed by atoms with Gasteiger partial charge in [-0.2, -0.15) is 0 Å². The van der Waals surface area contributed by atoms with Crippen LogP contribution in [0, 0.1) is 17.8 Å². The summed E-state index contributed by atoms with van der Waals surface area (Å²) in [5, 5.41) is 40.0. The maximum absolute atomic E-state index is 13.6. The molecule has 0 radical (unpaired) electrons. The van der Waals surface area contributed by atoms with Crippen LogP contribution >= 0.6 is 11.6 Å². The van der Waals surface area contributed by atoms with Crippen LogP contribution in [-0.4, -0.2) is 69.4 Å². The molecule has 0 aromatic heterocycles. The number of carbonyl (C=O) groups excluding carboxylic acids is 2. The molecule has 4 rings (SSSR count). The van der Waals surface area contributed by atoms with Gasteiger partial charge in [-0.15, -0.1) is 0 Å². The molecule has 2 heterocycles. The standard InChI is InChI=1S/C30H39BClNO8/c1-2-6-18(13-19-9-10-21(35)15-24(19)32)8-11-25-27-20(17-34)14-22-28(23(27)16-31(40)41-25)30(39)33(29(22)38)12-5-3-4-7-26(36)37/h9-10,13,15,22-23,25,28,34-35,40H,2-8,11-12,14,16-17H2,1H3,(H,36,37)/b18-13+/t22-,23+,25-,28-/m1/s1. The predicted molar refractivity (Wildman–Crippen MR) is 155 cm³/mol. The molecule has 0 unspecified atom stereocenters.